The van der Waals surface area contributed by atoms with Gasteiger partial charge in [-0.1, -0.05) is 0 Å². The van der Waals surface area contributed by atoms with Gasteiger partial charge in [-0.2, -0.15) is 0 Å². The van der Waals surface area contributed by atoms with Crippen molar-refractivity contribution in [3.63, 3.8) is 0 Å². The summed E-state index contributed by atoms with van der Waals surface area (Å²) in [6.07, 6.45) is 0. The molecular formula is C27H18F2N6O. The van der Waals surface area contributed by atoms with E-state index in [1.165, 1.54) is 29.2 Å². The molecule has 0 bridgehead atoms. The predicted molar refractivity (Wildman–Crippen MR) is 135 cm³/mol. The number of nitrogens with two attached hydrogens (primary N) is 1. The number of hydrogen-bond donors (Lipinski definition) is 3. The number of anilines is 2. The van der Waals surface area contributed by atoms with Gasteiger partial charge in [0.05, 0.1) is 33.4 Å². The van der Waals surface area contributed by atoms with Crippen molar-refractivity contribution in [2.75, 3.05) is 4.90 Å². The second-order valence-corrected chi connectivity index (χ2v) is 8.26. The molecule has 0 fully saturated rings. The van der Waals surface area contributed by atoms with Crippen molar-refractivity contribution in [1.29, 1.82) is 0 Å². The number of primary amides is 1. The van der Waals surface area contributed by atoms with Gasteiger partial charge in [0, 0.05) is 11.1 Å². The first-order valence-electron chi connectivity index (χ1n) is 11.1. The molecule has 0 radical (unpaired) electrons. The van der Waals surface area contributed by atoms with E-state index in [4.69, 9.17) is 5.73 Å². The molecule has 6 rings (SSSR count). The highest BCUT2D eigenvalue weighted by Crippen LogP contribution is 2.30. The zero-order valence-corrected chi connectivity index (χ0v) is 18.7. The molecule has 2 heterocycles. The van der Waals surface area contributed by atoms with Gasteiger partial charge in [0.25, 0.3) is 0 Å². The maximum absolute atomic E-state index is 13.5. The molecule has 7 nitrogen and oxygen atoms in total. The number of urea groups is 1. The average Bonchev–Trinajstić information content (AvgIpc) is 3.48. The minimum Gasteiger partial charge on any atom is -0.351 e. The molecular weight excluding hydrogens is 462 g/mol. The zero-order valence-electron chi connectivity index (χ0n) is 18.7. The van der Waals surface area contributed by atoms with Crippen LogP contribution in [-0.4, -0.2) is 26.0 Å². The highest BCUT2D eigenvalue weighted by atomic mass is 19.1. The lowest BCUT2D eigenvalue weighted by atomic mass is 10.1. The minimum atomic E-state index is -0.645. The predicted octanol–water partition coefficient (Wildman–Crippen LogP) is 6.27. The molecule has 0 unspecified atom stereocenters. The Morgan fingerprint density at radius 1 is 0.667 bits per heavy atom. The molecule has 4 N–H and O–H groups in total. The maximum Gasteiger partial charge on any atom is 0.323 e. The summed E-state index contributed by atoms with van der Waals surface area (Å²) < 4.78 is 27.0. The largest absolute Gasteiger partial charge is 0.351 e. The highest BCUT2D eigenvalue weighted by Gasteiger charge is 2.16. The van der Waals surface area contributed by atoms with Crippen LogP contribution in [0.2, 0.25) is 0 Å². The number of amides is 2. The first-order valence-corrected chi connectivity index (χ1v) is 11.1. The van der Waals surface area contributed by atoms with Crippen LogP contribution in [-0.2, 0) is 0 Å². The van der Waals surface area contributed by atoms with Gasteiger partial charge in [-0.05, 0) is 84.9 Å². The number of aromatic amines is 2. The van der Waals surface area contributed by atoms with Crippen LogP contribution in [0.4, 0.5) is 25.0 Å². The van der Waals surface area contributed by atoms with Gasteiger partial charge in [-0.3, -0.25) is 4.90 Å². The summed E-state index contributed by atoms with van der Waals surface area (Å²) in [5, 5.41) is 0. The number of benzene rings is 4. The lowest BCUT2D eigenvalue weighted by Crippen LogP contribution is -2.31. The van der Waals surface area contributed by atoms with Crippen molar-refractivity contribution in [2.24, 2.45) is 5.73 Å². The smallest absolute Gasteiger partial charge is 0.323 e. The Kier molecular flexibility index (Phi) is 4.96. The van der Waals surface area contributed by atoms with Gasteiger partial charge in [0.15, 0.2) is 0 Å². The Bertz CT molecular complexity index is 1620. The molecule has 0 spiro atoms. The Morgan fingerprint density at radius 3 is 1.47 bits per heavy atom. The van der Waals surface area contributed by atoms with Gasteiger partial charge in [-0.25, -0.2) is 23.5 Å². The number of carbonyl (C=O) groups excluding carboxylic acids is 1. The molecule has 176 valence electrons. The molecule has 0 atom stereocenters. The monoisotopic (exact) mass is 480 g/mol. The maximum atomic E-state index is 13.5. The molecule has 2 amide bonds. The van der Waals surface area contributed by atoms with Crippen LogP contribution in [0.5, 0.6) is 0 Å². The molecule has 2 aromatic heterocycles. The number of fused-ring (bicyclic) bond motifs is 2. The summed E-state index contributed by atoms with van der Waals surface area (Å²) in [5.74, 6) is 0.487. The fourth-order valence-corrected chi connectivity index (χ4v) is 4.18. The van der Waals surface area contributed by atoms with E-state index in [0.29, 0.717) is 45.1 Å². The minimum absolute atomic E-state index is 0.342. The van der Waals surface area contributed by atoms with Crippen LogP contribution in [0.25, 0.3) is 44.8 Å². The molecule has 0 aliphatic rings. The fraction of sp³-hybridized carbons (Fsp3) is 0. The Hall–Kier alpha value is -5.05. The van der Waals surface area contributed by atoms with Crippen LogP contribution in [0.3, 0.4) is 0 Å². The quantitative estimate of drug-likeness (QED) is 0.277. The van der Waals surface area contributed by atoms with Crippen molar-refractivity contribution in [3.8, 4) is 22.8 Å². The average molecular weight is 480 g/mol. The summed E-state index contributed by atoms with van der Waals surface area (Å²) in [6.45, 7) is 0. The van der Waals surface area contributed by atoms with Crippen LogP contribution >= 0.6 is 0 Å². The number of nitrogens with one attached hydrogen (secondary N) is 2. The van der Waals surface area contributed by atoms with Crippen molar-refractivity contribution in [1.82, 2.24) is 19.9 Å². The van der Waals surface area contributed by atoms with Crippen LogP contribution in [0.1, 0.15) is 0 Å². The number of nitrogens with zero attached hydrogens (tertiary/aromatic N) is 3. The second-order valence-electron chi connectivity index (χ2n) is 8.26. The van der Waals surface area contributed by atoms with E-state index < -0.39 is 6.03 Å². The molecule has 4 aromatic carbocycles. The number of hydrogen-bond acceptors (Lipinski definition) is 3. The van der Waals surface area contributed by atoms with Crippen molar-refractivity contribution >= 4 is 39.5 Å². The number of rotatable bonds is 4. The third kappa shape index (κ3) is 3.82. The van der Waals surface area contributed by atoms with Crippen molar-refractivity contribution < 1.29 is 13.6 Å². The fourth-order valence-electron chi connectivity index (χ4n) is 4.18. The lowest BCUT2D eigenvalue weighted by molar-refractivity contribution is 0.256. The molecule has 9 heteroatoms. The molecule has 0 saturated carbocycles. The first-order chi connectivity index (χ1) is 17.4. The van der Waals surface area contributed by atoms with E-state index in [1.54, 1.807) is 60.7 Å². The summed E-state index contributed by atoms with van der Waals surface area (Å²) >= 11 is 0. The summed E-state index contributed by atoms with van der Waals surface area (Å²) in [6, 6.07) is 22.3. The molecule has 6 aromatic rings. The van der Waals surface area contributed by atoms with E-state index in [9.17, 15) is 13.6 Å². The zero-order chi connectivity index (χ0) is 24.8. The van der Waals surface area contributed by atoms with Gasteiger partial charge in [0.1, 0.15) is 23.3 Å². The summed E-state index contributed by atoms with van der Waals surface area (Å²) in [7, 11) is 0. The summed E-state index contributed by atoms with van der Waals surface area (Å²) in [5.41, 5.74) is 10.9. The van der Waals surface area contributed by atoms with Crippen molar-refractivity contribution in [3.05, 3.63) is 96.6 Å². The highest BCUT2D eigenvalue weighted by molar-refractivity contribution is 5.99. The number of H-pyrrole nitrogens is 2. The first kappa shape index (κ1) is 21.5. The third-order valence-corrected chi connectivity index (χ3v) is 5.91. The molecule has 36 heavy (non-hydrogen) atoms. The van der Waals surface area contributed by atoms with E-state index in [1.807, 2.05) is 0 Å². The Labute approximate surface area is 203 Å². The van der Waals surface area contributed by atoms with E-state index in [-0.39, 0.29) is 11.6 Å². The van der Waals surface area contributed by atoms with Crippen molar-refractivity contribution in [2.45, 2.75) is 0 Å². The summed E-state index contributed by atoms with van der Waals surface area (Å²) in [4.78, 5) is 28.9. The van der Waals surface area contributed by atoms with E-state index in [2.05, 4.69) is 19.9 Å². The van der Waals surface area contributed by atoms with Gasteiger partial charge < -0.3 is 15.7 Å². The van der Waals surface area contributed by atoms with E-state index >= 15 is 0 Å². The molecule has 0 aliphatic heterocycles. The van der Waals surface area contributed by atoms with Crippen LogP contribution < -0.4 is 10.6 Å². The molecule has 0 aliphatic carbocycles. The van der Waals surface area contributed by atoms with E-state index in [0.717, 1.165) is 11.1 Å². The number of halogens is 2. The topological polar surface area (TPSA) is 104 Å². The Morgan fingerprint density at radius 2 is 1.08 bits per heavy atom. The Balaban J connectivity index is 1.29. The number of imidazole rings is 2. The van der Waals surface area contributed by atoms with Gasteiger partial charge in [0.2, 0.25) is 0 Å². The SMILES string of the molecule is NC(=O)N(c1ccc(-c2nc3ccc(F)cc3[nH]2)cc1)c1ccc(-c2nc3ccc(F)cc3[nH]2)cc1. The number of carbonyl (C=O) groups is 1. The van der Waals surface area contributed by atoms with Gasteiger partial charge >= 0.3 is 6.03 Å². The van der Waals surface area contributed by atoms with Crippen LogP contribution in [0, 0.1) is 11.6 Å². The molecule has 0 saturated heterocycles. The standard InChI is InChI=1S/C27H18F2N6O/c28-17-5-11-21-23(13-17)33-25(31-21)15-1-7-19(8-2-15)35(27(30)36)20-9-3-16(4-10-20)26-32-22-12-6-18(29)14-24(22)34-26/h1-14H,(H2,30,36)(H,31,33)(H,32,34). The lowest BCUT2D eigenvalue weighted by Gasteiger charge is -2.21. The van der Waals surface area contributed by atoms with Gasteiger partial charge in [-0.15, -0.1) is 0 Å². The third-order valence-electron chi connectivity index (χ3n) is 5.91. The normalized spacial score (nSPS) is 11.3. The van der Waals surface area contributed by atoms with Crippen LogP contribution in [0.15, 0.2) is 84.9 Å². The number of aromatic nitrogens is 4. The second kappa shape index (κ2) is 8.31.